The van der Waals surface area contributed by atoms with Crippen LogP contribution in [0, 0.1) is 11.8 Å². The molecule has 22 heavy (non-hydrogen) atoms. The van der Waals surface area contributed by atoms with Crippen molar-refractivity contribution in [1.82, 2.24) is 0 Å². The highest BCUT2D eigenvalue weighted by Crippen LogP contribution is 2.20. The van der Waals surface area contributed by atoms with Crippen molar-refractivity contribution in [2.45, 2.75) is 53.4 Å². The fourth-order valence-electron chi connectivity index (χ4n) is 2.11. The van der Waals surface area contributed by atoms with E-state index in [0.29, 0.717) is 11.5 Å². The van der Waals surface area contributed by atoms with Gasteiger partial charge in [-0.2, -0.15) is 0 Å². The number of esters is 2. The van der Waals surface area contributed by atoms with Crippen LogP contribution in [0.15, 0.2) is 24.3 Å². The second-order valence-corrected chi connectivity index (χ2v) is 5.69. The maximum atomic E-state index is 11.8. The highest BCUT2D eigenvalue weighted by Gasteiger charge is 2.16. The Kier molecular flexibility index (Phi) is 7.64. The lowest BCUT2D eigenvalue weighted by Gasteiger charge is -2.12. The van der Waals surface area contributed by atoms with E-state index >= 15 is 0 Å². The van der Waals surface area contributed by atoms with Crippen LogP contribution in [0.5, 0.6) is 11.5 Å². The maximum absolute atomic E-state index is 11.8. The van der Waals surface area contributed by atoms with Crippen LogP contribution in [0.3, 0.4) is 0 Å². The third-order valence-corrected chi connectivity index (χ3v) is 3.51. The van der Waals surface area contributed by atoms with Crippen LogP contribution in [0.4, 0.5) is 0 Å². The minimum atomic E-state index is -0.233. The van der Waals surface area contributed by atoms with Gasteiger partial charge in [-0.3, -0.25) is 9.59 Å². The van der Waals surface area contributed by atoms with E-state index in [-0.39, 0.29) is 23.8 Å². The van der Waals surface area contributed by atoms with E-state index in [1.54, 1.807) is 24.3 Å². The molecule has 0 heterocycles. The second-order valence-electron chi connectivity index (χ2n) is 5.69. The van der Waals surface area contributed by atoms with Crippen molar-refractivity contribution in [3.05, 3.63) is 24.3 Å². The van der Waals surface area contributed by atoms with Crippen molar-refractivity contribution in [2.24, 2.45) is 11.8 Å². The summed E-state index contributed by atoms with van der Waals surface area (Å²) in [6.07, 6.45) is 3.51. The summed E-state index contributed by atoms with van der Waals surface area (Å²) in [5.41, 5.74) is 0. The van der Waals surface area contributed by atoms with Gasteiger partial charge >= 0.3 is 11.9 Å². The van der Waals surface area contributed by atoms with E-state index in [4.69, 9.17) is 9.47 Å². The van der Waals surface area contributed by atoms with Crippen LogP contribution < -0.4 is 9.47 Å². The summed E-state index contributed by atoms with van der Waals surface area (Å²) in [5.74, 6) is 0.241. The average Bonchev–Trinajstić information content (AvgIpc) is 2.49. The predicted molar refractivity (Wildman–Crippen MR) is 85.9 cm³/mol. The molecule has 0 bridgehead atoms. The van der Waals surface area contributed by atoms with Gasteiger partial charge in [0.05, 0.1) is 11.8 Å². The molecule has 1 rings (SSSR count). The van der Waals surface area contributed by atoms with Crippen molar-refractivity contribution >= 4 is 11.9 Å². The van der Waals surface area contributed by atoms with Crippen LogP contribution in [0.2, 0.25) is 0 Å². The molecule has 0 aromatic heterocycles. The summed E-state index contributed by atoms with van der Waals surface area (Å²) < 4.78 is 10.6. The molecule has 4 nitrogen and oxygen atoms in total. The van der Waals surface area contributed by atoms with E-state index in [1.165, 1.54) is 0 Å². The van der Waals surface area contributed by atoms with E-state index in [1.807, 2.05) is 27.7 Å². The van der Waals surface area contributed by atoms with E-state index < -0.39 is 0 Å². The molecule has 1 aromatic carbocycles. The first-order valence-corrected chi connectivity index (χ1v) is 8.01. The third-order valence-electron chi connectivity index (χ3n) is 3.51. The topological polar surface area (TPSA) is 52.6 Å². The number of hydrogen-bond donors (Lipinski definition) is 0. The lowest BCUT2D eigenvalue weighted by atomic mass is 10.1. The molecule has 0 spiro atoms. The van der Waals surface area contributed by atoms with E-state index in [2.05, 4.69) is 0 Å². The summed E-state index contributed by atoms with van der Waals surface area (Å²) in [7, 11) is 0. The highest BCUT2D eigenvalue weighted by atomic mass is 16.5. The average molecular weight is 306 g/mol. The zero-order chi connectivity index (χ0) is 16.5. The number of benzene rings is 1. The molecule has 0 saturated carbocycles. The first-order chi connectivity index (χ1) is 10.5. The number of carbonyl (C=O) groups is 2. The van der Waals surface area contributed by atoms with Crippen LogP contribution in [-0.4, -0.2) is 11.9 Å². The smallest absolute Gasteiger partial charge is 0.314 e. The summed E-state index contributed by atoms with van der Waals surface area (Å²) >= 11 is 0. The van der Waals surface area contributed by atoms with Gasteiger partial charge in [0.1, 0.15) is 11.5 Å². The van der Waals surface area contributed by atoms with Gasteiger partial charge in [-0.15, -0.1) is 0 Å². The fourth-order valence-corrected chi connectivity index (χ4v) is 2.11. The van der Waals surface area contributed by atoms with Gasteiger partial charge in [0, 0.05) is 0 Å². The largest absolute Gasteiger partial charge is 0.426 e. The number of hydrogen-bond acceptors (Lipinski definition) is 4. The molecule has 0 aliphatic carbocycles. The van der Waals surface area contributed by atoms with Crippen molar-refractivity contribution < 1.29 is 19.1 Å². The molecule has 0 N–H and O–H groups in total. The van der Waals surface area contributed by atoms with Gasteiger partial charge in [0.15, 0.2) is 0 Å². The predicted octanol–water partition coefficient (Wildman–Crippen LogP) is 4.37. The Morgan fingerprint density at radius 3 is 1.41 bits per heavy atom. The second kappa shape index (κ2) is 9.23. The Balaban J connectivity index is 2.56. The van der Waals surface area contributed by atoms with Crippen LogP contribution in [0.1, 0.15) is 53.4 Å². The lowest BCUT2D eigenvalue weighted by Crippen LogP contribution is -2.18. The van der Waals surface area contributed by atoms with Gasteiger partial charge < -0.3 is 9.47 Å². The van der Waals surface area contributed by atoms with E-state index in [0.717, 1.165) is 25.7 Å². The molecular weight excluding hydrogens is 280 g/mol. The molecule has 0 fully saturated rings. The Bertz CT molecular complexity index is 433. The number of ether oxygens (including phenoxy) is 2. The van der Waals surface area contributed by atoms with Gasteiger partial charge in [0.25, 0.3) is 0 Å². The molecule has 122 valence electrons. The Morgan fingerprint density at radius 1 is 0.818 bits per heavy atom. The molecule has 0 amide bonds. The summed E-state index contributed by atoms with van der Waals surface area (Å²) in [5, 5.41) is 0. The first kappa shape index (κ1) is 18.2. The highest BCUT2D eigenvalue weighted by molar-refractivity contribution is 5.75. The molecule has 0 radical (unpaired) electrons. The first-order valence-electron chi connectivity index (χ1n) is 8.01. The minimum absolute atomic E-state index is 0.114. The molecule has 1 aromatic rings. The normalized spacial score (nSPS) is 13.3. The van der Waals surface area contributed by atoms with Crippen LogP contribution >= 0.6 is 0 Å². The molecule has 0 aliphatic heterocycles. The molecule has 2 atom stereocenters. The quantitative estimate of drug-likeness (QED) is 0.528. The SMILES string of the molecule is CCCC(C)C(=O)Oc1ccc(OC(=O)C(C)CCC)cc1. The van der Waals surface area contributed by atoms with Crippen molar-refractivity contribution in [3.8, 4) is 11.5 Å². The van der Waals surface area contributed by atoms with Crippen LogP contribution in [-0.2, 0) is 9.59 Å². The zero-order valence-electron chi connectivity index (χ0n) is 13.9. The van der Waals surface area contributed by atoms with Gasteiger partial charge in [0.2, 0.25) is 0 Å². The standard InChI is InChI=1S/C18H26O4/c1-5-7-13(3)17(19)21-15-9-11-16(12-10-15)22-18(20)14(4)8-6-2/h9-14H,5-8H2,1-4H3. The number of rotatable bonds is 8. The van der Waals surface area contributed by atoms with Crippen molar-refractivity contribution in [3.63, 3.8) is 0 Å². The molecule has 0 saturated heterocycles. The number of carbonyl (C=O) groups excluding carboxylic acids is 2. The Labute approximate surface area is 132 Å². The lowest BCUT2D eigenvalue weighted by molar-refractivity contribution is -0.139. The Morgan fingerprint density at radius 2 is 1.14 bits per heavy atom. The van der Waals surface area contributed by atoms with Crippen molar-refractivity contribution in [1.29, 1.82) is 0 Å². The Hall–Kier alpha value is -1.84. The molecule has 2 unspecified atom stereocenters. The van der Waals surface area contributed by atoms with E-state index in [9.17, 15) is 9.59 Å². The van der Waals surface area contributed by atoms with Gasteiger partial charge in [-0.05, 0) is 37.1 Å². The molecule has 4 heteroatoms. The summed E-state index contributed by atoms with van der Waals surface area (Å²) in [6.45, 7) is 7.78. The minimum Gasteiger partial charge on any atom is -0.426 e. The fraction of sp³-hybridized carbons (Fsp3) is 0.556. The summed E-state index contributed by atoms with van der Waals surface area (Å²) in [6, 6.07) is 6.57. The van der Waals surface area contributed by atoms with Gasteiger partial charge in [-0.1, -0.05) is 40.5 Å². The summed E-state index contributed by atoms with van der Waals surface area (Å²) in [4.78, 5) is 23.6. The molecule has 0 aliphatic rings. The monoisotopic (exact) mass is 306 g/mol. The maximum Gasteiger partial charge on any atom is 0.314 e. The van der Waals surface area contributed by atoms with Gasteiger partial charge in [-0.25, -0.2) is 0 Å². The van der Waals surface area contributed by atoms with Crippen molar-refractivity contribution in [2.75, 3.05) is 0 Å². The third kappa shape index (κ3) is 5.88. The zero-order valence-corrected chi connectivity index (χ0v) is 13.9. The van der Waals surface area contributed by atoms with Crippen LogP contribution in [0.25, 0.3) is 0 Å². The molecular formula is C18H26O4.